The van der Waals surface area contributed by atoms with Crippen LogP contribution in [0, 0.1) is 11.8 Å². The third kappa shape index (κ3) is 3.35. The third-order valence-corrected chi connectivity index (χ3v) is 6.61. The third-order valence-electron chi connectivity index (χ3n) is 6.61. The Hall–Kier alpha value is -2.60. The van der Waals surface area contributed by atoms with E-state index in [-0.39, 0.29) is 23.8 Å². The van der Waals surface area contributed by atoms with Gasteiger partial charge in [-0.1, -0.05) is 25.7 Å². The van der Waals surface area contributed by atoms with Crippen LogP contribution >= 0.6 is 0 Å². The number of benzene rings is 1. The normalized spacial score (nSPS) is 27.6. The molecule has 0 bridgehead atoms. The second kappa shape index (κ2) is 7.67. The summed E-state index contributed by atoms with van der Waals surface area (Å²) in [5, 5.41) is 5.85. The fourth-order valence-corrected chi connectivity index (χ4v) is 4.82. The van der Waals surface area contributed by atoms with Gasteiger partial charge in [-0.05, 0) is 43.0 Å². The first kappa shape index (κ1) is 19.7. The second-order valence-electron chi connectivity index (χ2n) is 8.06. The van der Waals surface area contributed by atoms with Gasteiger partial charge >= 0.3 is 0 Å². The van der Waals surface area contributed by atoms with Crippen molar-refractivity contribution in [3.05, 3.63) is 53.1 Å². The van der Waals surface area contributed by atoms with Gasteiger partial charge in [0, 0.05) is 43.2 Å². The Balaban J connectivity index is 1.61. The van der Waals surface area contributed by atoms with Gasteiger partial charge in [-0.3, -0.25) is 9.59 Å². The molecule has 154 valence electrons. The highest BCUT2D eigenvalue weighted by Crippen LogP contribution is 2.46. The van der Waals surface area contributed by atoms with Gasteiger partial charge in [-0.15, -0.1) is 0 Å². The summed E-state index contributed by atoms with van der Waals surface area (Å²) in [6.45, 7) is 11.6. The van der Waals surface area contributed by atoms with Crippen LogP contribution in [0.4, 0.5) is 0 Å². The van der Waals surface area contributed by atoms with Crippen LogP contribution in [0.3, 0.4) is 0 Å². The summed E-state index contributed by atoms with van der Waals surface area (Å²) in [6.07, 6.45) is 3.80. The van der Waals surface area contributed by atoms with E-state index in [1.807, 2.05) is 19.1 Å². The van der Waals surface area contributed by atoms with Crippen LogP contribution in [0.5, 0.6) is 5.75 Å². The van der Waals surface area contributed by atoms with Crippen molar-refractivity contribution in [3.8, 4) is 5.75 Å². The Labute approximate surface area is 172 Å². The first-order valence-corrected chi connectivity index (χ1v) is 10.4. The second-order valence-corrected chi connectivity index (χ2v) is 8.06. The fourth-order valence-electron chi connectivity index (χ4n) is 4.82. The highest BCUT2D eigenvalue weighted by molar-refractivity contribution is 6.02. The van der Waals surface area contributed by atoms with Crippen molar-refractivity contribution in [1.29, 1.82) is 0 Å². The van der Waals surface area contributed by atoms with Crippen LogP contribution in [-0.2, 0) is 0 Å². The largest absolute Gasteiger partial charge is 0.491 e. The zero-order valence-electron chi connectivity index (χ0n) is 17.3. The monoisotopic (exact) mass is 395 g/mol. The van der Waals surface area contributed by atoms with E-state index in [9.17, 15) is 9.59 Å². The molecule has 2 fully saturated rings. The van der Waals surface area contributed by atoms with Gasteiger partial charge in [0.15, 0.2) is 0 Å². The zero-order valence-corrected chi connectivity index (χ0v) is 17.3. The minimum atomic E-state index is -0.251. The highest BCUT2D eigenvalue weighted by atomic mass is 16.5. The van der Waals surface area contributed by atoms with Gasteiger partial charge in [0.2, 0.25) is 0 Å². The number of amides is 2. The molecule has 1 aliphatic carbocycles. The molecule has 1 aromatic carbocycles. The van der Waals surface area contributed by atoms with Gasteiger partial charge in [0.25, 0.3) is 11.8 Å². The molecule has 6 nitrogen and oxygen atoms in total. The Bertz CT molecular complexity index is 880. The summed E-state index contributed by atoms with van der Waals surface area (Å²) in [5.74, 6) is 1.28. The first-order chi connectivity index (χ1) is 14.0. The lowest BCUT2D eigenvalue weighted by Crippen LogP contribution is -2.34. The smallest absolute Gasteiger partial charge is 0.254 e. The summed E-state index contributed by atoms with van der Waals surface area (Å²) >= 11 is 0. The van der Waals surface area contributed by atoms with Crippen LogP contribution in [0.1, 0.15) is 46.0 Å². The number of nitrogens with zero attached hydrogens (tertiary/aromatic N) is 1. The molecule has 4 rings (SSSR count). The molecule has 1 aromatic rings. The van der Waals surface area contributed by atoms with Gasteiger partial charge in [-0.2, -0.15) is 0 Å². The molecule has 2 N–H and O–H groups in total. The Morgan fingerprint density at radius 3 is 2.59 bits per heavy atom. The molecule has 4 atom stereocenters. The lowest BCUT2D eigenvalue weighted by atomic mass is 9.90. The molecule has 1 saturated heterocycles. The number of carbonyl (C=O) groups excluding carboxylic acids is 2. The van der Waals surface area contributed by atoms with Gasteiger partial charge < -0.3 is 20.3 Å². The minimum Gasteiger partial charge on any atom is -0.491 e. The summed E-state index contributed by atoms with van der Waals surface area (Å²) < 4.78 is 5.88. The fraction of sp³-hybridized carbons (Fsp3) is 0.478. The Kier molecular flexibility index (Phi) is 5.21. The van der Waals surface area contributed by atoms with Crippen molar-refractivity contribution < 1.29 is 14.3 Å². The summed E-state index contributed by atoms with van der Waals surface area (Å²) in [6, 6.07) is 3.77. The average molecular weight is 396 g/mol. The SMILES string of the molecule is C=C/C(=C\C)C1COc2c(C(=O)NC)cc(C(=O)N[C@H]3[C@@H]4CN(CC)C[C@@H]43)cc21. The molecule has 29 heavy (non-hydrogen) atoms. The first-order valence-electron chi connectivity index (χ1n) is 10.4. The molecule has 1 unspecified atom stereocenters. The van der Waals surface area contributed by atoms with Crippen molar-refractivity contribution in [1.82, 2.24) is 15.5 Å². The molecule has 6 heteroatoms. The minimum absolute atomic E-state index is 0.0259. The molecule has 2 aliphatic heterocycles. The molecule has 3 aliphatic rings. The average Bonchev–Trinajstić information content (AvgIpc) is 3.09. The van der Waals surface area contributed by atoms with E-state index in [4.69, 9.17) is 4.74 Å². The quantitative estimate of drug-likeness (QED) is 0.726. The van der Waals surface area contributed by atoms with Crippen molar-refractivity contribution in [2.24, 2.45) is 11.8 Å². The number of nitrogens with one attached hydrogen (secondary N) is 2. The number of hydrogen-bond donors (Lipinski definition) is 2. The molecular formula is C23H29N3O3. The lowest BCUT2D eigenvalue weighted by Gasteiger charge is -2.18. The van der Waals surface area contributed by atoms with Gasteiger partial charge in [-0.25, -0.2) is 0 Å². The van der Waals surface area contributed by atoms with Gasteiger partial charge in [0.05, 0.1) is 12.2 Å². The summed E-state index contributed by atoms with van der Waals surface area (Å²) in [4.78, 5) is 27.9. The number of hydrogen-bond acceptors (Lipinski definition) is 4. The van der Waals surface area contributed by atoms with Gasteiger partial charge in [0.1, 0.15) is 5.75 Å². The Morgan fingerprint density at radius 2 is 2.00 bits per heavy atom. The standard InChI is InChI=1S/C23H29N3O3/c1-5-13(6-2)19-12-29-21-15(19)8-14(9-16(21)23(28)24-4)22(27)25-20-17-10-26(7-3)11-18(17)20/h5-6,8-9,17-20H,1,7,10-12H2,2-4H3,(H,24,28)(H,25,27)/b13-6+/t17-,18+,19?,20+. The van der Waals surface area contributed by atoms with Crippen molar-refractivity contribution in [3.63, 3.8) is 0 Å². The van der Waals surface area contributed by atoms with Crippen LogP contribution in [-0.4, -0.2) is 56.0 Å². The maximum Gasteiger partial charge on any atom is 0.254 e. The number of piperidine rings is 1. The molecule has 0 aromatic heterocycles. The highest BCUT2D eigenvalue weighted by Gasteiger charge is 2.56. The number of carbonyl (C=O) groups is 2. The van der Waals surface area contributed by atoms with E-state index in [1.165, 1.54) is 0 Å². The summed E-state index contributed by atoms with van der Waals surface area (Å²) in [7, 11) is 1.58. The lowest BCUT2D eigenvalue weighted by molar-refractivity contribution is 0.0943. The number of allylic oxidation sites excluding steroid dienone is 2. The van der Waals surface area contributed by atoms with E-state index in [2.05, 4.69) is 29.0 Å². The van der Waals surface area contributed by atoms with Crippen LogP contribution in [0.2, 0.25) is 0 Å². The van der Waals surface area contributed by atoms with E-state index in [0.717, 1.165) is 30.8 Å². The predicted molar refractivity (Wildman–Crippen MR) is 112 cm³/mol. The van der Waals surface area contributed by atoms with Crippen molar-refractivity contribution >= 4 is 11.8 Å². The predicted octanol–water partition coefficient (Wildman–Crippen LogP) is 2.33. The Morgan fingerprint density at radius 1 is 1.28 bits per heavy atom. The summed E-state index contributed by atoms with van der Waals surface area (Å²) in [5.41, 5.74) is 2.82. The molecule has 0 spiro atoms. The van der Waals surface area contributed by atoms with E-state index < -0.39 is 0 Å². The van der Waals surface area contributed by atoms with Crippen LogP contribution < -0.4 is 15.4 Å². The molecule has 2 amide bonds. The van der Waals surface area contributed by atoms with Crippen molar-refractivity contribution in [2.45, 2.75) is 25.8 Å². The van der Waals surface area contributed by atoms with Crippen LogP contribution in [0.25, 0.3) is 0 Å². The van der Waals surface area contributed by atoms with E-state index >= 15 is 0 Å². The molecular weight excluding hydrogens is 366 g/mol. The zero-order chi connectivity index (χ0) is 20.7. The number of likely N-dealkylation sites (tertiary alicyclic amines) is 1. The molecule has 2 heterocycles. The van der Waals surface area contributed by atoms with Crippen molar-refractivity contribution in [2.75, 3.05) is 33.3 Å². The number of rotatable bonds is 6. The number of fused-ring (bicyclic) bond motifs is 2. The van der Waals surface area contributed by atoms with E-state index in [0.29, 0.717) is 35.3 Å². The topological polar surface area (TPSA) is 70.7 Å². The molecule has 0 radical (unpaired) electrons. The maximum absolute atomic E-state index is 13.0. The molecule has 1 saturated carbocycles. The number of ether oxygens (including phenoxy) is 1. The van der Waals surface area contributed by atoms with E-state index in [1.54, 1.807) is 19.2 Å². The van der Waals surface area contributed by atoms with Crippen LogP contribution in [0.15, 0.2) is 36.4 Å². The maximum atomic E-state index is 13.0.